The predicted molar refractivity (Wildman–Crippen MR) is 72.2 cm³/mol. The lowest BCUT2D eigenvalue weighted by Gasteiger charge is -2.33. The number of nitrogens with zero attached hydrogens (tertiary/aromatic N) is 2. The van der Waals surface area contributed by atoms with E-state index < -0.39 is 11.7 Å². The first-order valence-corrected chi connectivity index (χ1v) is 7.30. The Bertz CT molecular complexity index is 408. The van der Waals surface area contributed by atoms with E-state index in [2.05, 4.69) is 10.1 Å². The normalized spacial score (nSPS) is 20.2. The van der Waals surface area contributed by atoms with Crippen molar-refractivity contribution in [2.75, 3.05) is 19.8 Å². The lowest BCUT2D eigenvalue weighted by molar-refractivity contribution is -0.118. The molecule has 0 amide bonds. The predicted octanol–water partition coefficient (Wildman–Crippen LogP) is 1.67. The molecule has 1 unspecified atom stereocenters. The topological polar surface area (TPSA) is 77.6 Å². The minimum atomic E-state index is -0.502. The summed E-state index contributed by atoms with van der Waals surface area (Å²) in [5, 5.41) is 14.0. The van der Waals surface area contributed by atoms with E-state index >= 15 is 0 Å². The first kappa shape index (κ1) is 15.4. The molecule has 2 heterocycles. The van der Waals surface area contributed by atoms with Crippen LogP contribution in [0, 0.1) is 5.92 Å². The molecule has 1 saturated heterocycles. The summed E-state index contributed by atoms with van der Waals surface area (Å²) in [6, 6.07) is 0. The standard InChI is InChI=1S/C14H24N2O4/c1-4-19-14(5-7-18-8-6-14)13-15-12(20-16-13)9-11(17)10(2)3/h10-11,17H,4-9H2,1-3H3. The van der Waals surface area contributed by atoms with Crippen LogP contribution in [-0.2, 0) is 21.5 Å². The molecule has 0 spiro atoms. The maximum atomic E-state index is 9.89. The van der Waals surface area contributed by atoms with Gasteiger partial charge in [-0.3, -0.25) is 0 Å². The van der Waals surface area contributed by atoms with Gasteiger partial charge in [-0.2, -0.15) is 4.98 Å². The van der Waals surface area contributed by atoms with E-state index in [1.165, 1.54) is 0 Å². The fourth-order valence-corrected chi connectivity index (χ4v) is 2.35. The highest BCUT2D eigenvalue weighted by atomic mass is 16.5. The Morgan fingerprint density at radius 2 is 2.05 bits per heavy atom. The van der Waals surface area contributed by atoms with Crippen LogP contribution < -0.4 is 0 Å². The van der Waals surface area contributed by atoms with Gasteiger partial charge in [0.15, 0.2) is 0 Å². The third kappa shape index (κ3) is 3.37. The highest BCUT2D eigenvalue weighted by molar-refractivity contribution is 5.03. The summed E-state index contributed by atoms with van der Waals surface area (Å²) in [6.45, 7) is 7.75. The highest BCUT2D eigenvalue weighted by Crippen LogP contribution is 2.34. The third-order valence-corrected chi connectivity index (χ3v) is 3.75. The smallest absolute Gasteiger partial charge is 0.229 e. The van der Waals surface area contributed by atoms with Crippen molar-refractivity contribution < 1.29 is 19.1 Å². The molecule has 6 heteroatoms. The van der Waals surface area contributed by atoms with Crippen molar-refractivity contribution in [3.8, 4) is 0 Å². The minimum absolute atomic E-state index is 0.161. The average molecular weight is 284 g/mol. The number of aliphatic hydroxyl groups is 1. The summed E-state index contributed by atoms with van der Waals surface area (Å²) in [5.74, 6) is 1.20. The fraction of sp³-hybridized carbons (Fsp3) is 0.857. The molecule has 1 aromatic heterocycles. The van der Waals surface area contributed by atoms with Crippen molar-refractivity contribution in [2.45, 2.75) is 51.7 Å². The van der Waals surface area contributed by atoms with Crippen LogP contribution in [0.4, 0.5) is 0 Å². The molecule has 0 saturated carbocycles. The zero-order chi connectivity index (χ0) is 14.6. The highest BCUT2D eigenvalue weighted by Gasteiger charge is 2.40. The Hall–Kier alpha value is -0.980. The maximum absolute atomic E-state index is 9.89. The third-order valence-electron chi connectivity index (χ3n) is 3.75. The fourth-order valence-electron chi connectivity index (χ4n) is 2.35. The molecular weight excluding hydrogens is 260 g/mol. The Labute approximate surface area is 119 Å². The van der Waals surface area contributed by atoms with Gasteiger partial charge in [0.25, 0.3) is 0 Å². The molecule has 6 nitrogen and oxygen atoms in total. The summed E-state index contributed by atoms with van der Waals surface area (Å²) in [4.78, 5) is 4.43. The number of aliphatic hydroxyl groups excluding tert-OH is 1. The molecule has 20 heavy (non-hydrogen) atoms. The lowest BCUT2D eigenvalue weighted by atomic mass is 9.93. The summed E-state index contributed by atoms with van der Waals surface area (Å²) >= 11 is 0. The van der Waals surface area contributed by atoms with E-state index in [1.54, 1.807) is 0 Å². The van der Waals surface area contributed by atoms with Crippen molar-refractivity contribution >= 4 is 0 Å². The van der Waals surface area contributed by atoms with E-state index in [-0.39, 0.29) is 5.92 Å². The Balaban J connectivity index is 2.12. The van der Waals surface area contributed by atoms with E-state index in [1.807, 2.05) is 20.8 Å². The van der Waals surface area contributed by atoms with Gasteiger partial charge < -0.3 is 19.1 Å². The number of hydrogen-bond donors (Lipinski definition) is 1. The van der Waals surface area contributed by atoms with Gasteiger partial charge in [0.05, 0.1) is 12.5 Å². The largest absolute Gasteiger partial charge is 0.392 e. The average Bonchev–Trinajstić information content (AvgIpc) is 2.89. The number of aromatic nitrogens is 2. The van der Waals surface area contributed by atoms with Gasteiger partial charge in [0, 0.05) is 32.7 Å². The first-order chi connectivity index (χ1) is 9.57. The maximum Gasteiger partial charge on any atom is 0.229 e. The zero-order valence-corrected chi connectivity index (χ0v) is 12.5. The van der Waals surface area contributed by atoms with E-state index in [4.69, 9.17) is 14.0 Å². The Morgan fingerprint density at radius 1 is 1.35 bits per heavy atom. The molecule has 1 fully saturated rings. The summed E-state index contributed by atoms with van der Waals surface area (Å²) in [7, 11) is 0. The van der Waals surface area contributed by atoms with Gasteiger partial charge in [0.2, 0.25) is 11.7 Å². The van der Waals surface area contributed by atoms with Crippen LogP contribution >= 0.6 is 0 Å². The molecule has 1 N–H and O–H groups in total. The van der Waals surface area contributed by atoms with Crippen molar-refractivity contribution in [1.29, 1.82) is 0 Å². The Morgan fingerprint density at radius 3 is 2.65 bits per heavy atom. The second kappa shape index (κ2) is 6.65. The molecule has 114 valence electrons. The van der Waals surface area contributed by atoms with E-state index in [0.29, 0.717) is 38.0 Å². The van der Waals surface area contributed by atoms with Gasteiger partial charge in [-0.1, -0.05) is 19.0 Å². The first-order valence-electron chi connectivity index (χ1n) is 7.30. The summed E-state index contributed by atoms with van der Waals surface area (Å²) < 4.78 is 16.6. The van der Waals surface area contributed by atoms with Crippen molar-refractivity contribution in [3.05, 3.63) is 11.7 Å². The van der Waals surface area contributed by atoms with Crippen LogP contribution in [0.1, 0.15) is 45.3 Å². The molecule has 0 radical (unpaired) electrons. The molecule has 1 atom stereocenters. The van der Waals surface area contributed by atoms with Crippen molar-refractivity contribution in [2.24, 2.45) is 5.92 Å². The minimum Gasteiger partial charge on any atom is -0.392 e. The Kier molecular flexibility index (Phi) is 5.12. The molecule has 0 aromatic carbocycles. The van der Waals surface area contributed by atoms with Crippen LogP contribution in [0.25, 0.3) is 0 Å². The van der Waals surface area contributed by atoms with E-state index in [0.717, 1.165) is 12.8 Å². The number of hydrogen-bond acceptors (Lipinski definition) is 6. The van der Waals surface area contributed by atoms with Crippen LogP contribution in [0.5, 0.6) is 0 Å². The summed E-state index contributed by atoms with van der Waals surface area (Å²) in [5.41, 5.74) is -0.502. The van der Waals surface area contributed by atoms with E-state index in [9.17, 15) is 5.11 Å². The van der Waals surface area contributed by atoms with Crippen LogP contribution in [0.15, 0.2) is 4.52 Å². The molecule has 1 aliphatic rings. The van der Waals surface area contributed by atoms with Crippen molar-refractivity contribution in [1.82, 2.24) is 10.1 Å². The molecule has 0 bridgehead atoms. The SMILES string of the molecule is CCOC1(c2noc(CC(O)C(C)C)n2)CCOCC1. The number of rotatable bonds is 6. The van der Waals surface area contributed by atoms with Crippen molar-refractivity contribution in [3.63, 3.8) is 0 Å². The monoisotopic (exact) mass is 284 g/mol. The van der Waals surface area contributed by atoms with Gasteiger partial charge >= 0.3 is 0 Å². The second-order valence-corrected chi connectivity index (χ2v) is 5.57. The molecule has 2 rings (SSSR count). The van der Waals surface area contributed by atoms with Crippen LogP contribution in [0.3, 0.4) is 0 Å². The lowest BCUT2D eigenvalue weighted by Crippen LogP contribution is -2.37. The van der Waals surface area contributed by atoms with Gasteiger partial charge in [-0.25, -0.2) is 0 Å². The molecule has 1 aliphatic heterocycles. The molecule has 1 aromatic rings. The molecular formula is C14H24N2O4. The summed E-state index contributed by atoms with van der Waals surface area (Å²) in [6.07, 6.45) is 1.36. The zero-order valence-electron chi connectivity index (χ0n) is 12.5. The number of ether oxygens (including phenoxy) is 2. The van der Waals surface area contributed by atoms with Gasteiger partial charge in [-0.05, 0) is 12.8 Å². The van der Waals surface area contributed by atoms with Crippen LogP contribution in [-0.4, -0.2) is 41.2 Å². The quantitative estimate of drug-likeness (QED) is 0.856. The van der Waals surface area contributed by atoms with Gasteiger partial charge in [-0.15, -0.1) is 0 Å². The molecule has 0 aliphatic carbocycles. The van der Waals surface area contributed by atoms with Crippen LogP contribution in [0.2, 0.25) is 0 Å². The second-order valence-electron chi connectivity index (χ2n) is 5.57. The van der Waals surface area contributed by atoms with Gasteiger partial charge in [0.1, 0.15) is 5.60 Å².